The van der Waals surface area contributed by atoms with Gasteiger partial charge in [-0.3, -0.25) is 15.0 Å². The Kier molecular flexibility index (Phi) is 4.70. The number of halogens is 2. The van der Waals surface area contributed by atoms with E-state index < -0.39 is 24.9 Å². The second-order valence-electron chi connectivity index (χ2n) is 5.24. The highest BCUT2D eigenvalue weighted by Crippen LogP contribution is 2.24. The van der Waals surface area contributed by atoms with E-state index in [1.54, 1.807) is 0 Å². The van der Waals surface area contributed by atoms with Crippen molar-refractivity contribution in [2.24, 2.45) is 0 Å². The highest BCUT2D eigenvalue weighted by atomic mass is 19.3. The van der Waals surface area contributed by atoms with Gasteiger partial charge >= 0.3 is 0 Å². The van der Waals surface area contributed by atoms with E-state index in [-0.39, 0.29) is 11.9 Å². The molecule has 0 bridgehead atoms. The van der Waals surface area contributed by atoms with E-state index in [4.69, 9.17) is 4.74 Å². The molecule has 0 aromatic rings. The summed E-state index contributed by atoms with van der Waals surface area (Å²) in [5, 5.41) is 5.30. The van der Waals surface area contributed by atoms with Crippen molar-refractivity contribution in [1.82, 2.24) is 15.5 Å². The Morgan fingerprint density at radius 3 is 2.79 bits per heavy atom. The molecule has 5 nitrogen and oxygen atoms in total. The zero-order valence-electron chi connectivity index (χ0n) is 11.1. The summed E-state index contributed by atoms with van der Waals surface area (Å²) in [7, 11) is 0. The first-order valence-electron chi connectivity index (χ1n) is 6.69. The van der Waals surface area contributed by atoms with Crippen molar-refractivity contribution < 1.29 is 18.3 Å². The normalized spacial score (nSPS) is 29.1. The van der Waals surface area contributed by atoms with Gasteiger partial charge in [0.15, 0.2) is 0 Å². The van der Waals surface area contributed by atoms with Crippen LogP contribution >= 0.6 is 0 Å². The van der Waals surface area contributed by atoms with Gasteiger partial charge in [0, 0.05) is 32.1 Å². The van der Waals surface area contributed by atoms with Crippen LogP contribution in [0.5, 0.6) is 0 Å². The van der Waals surface area contributed by atoms with Crippen LogP contribution in [0.3, 0.4) is 0 Å². The number of carbonyl (C=O) groups is 1. The van der Waals surface area contributed by atoms with E-state index in [1.807, 2.05) is 6.92 Å². The van der Waals surface area contributed by atoms with Gasteiger partial charge in [-0.2, -0.15) is 0 Å². The zero-order valence-corrected chi connectivity index (χ0v) is 11.1. The first-order valence-corrected chi connectivity index (χ1v) is 6.69. The van der Waals surface area contributed by atoms with E-state index in [0.29, 0.717) is 19.8 Å². The van der Waals surface area contributed by atoms with Gasteiger partial charge in [-0.1, -0.05) is 0 Å². The minimum Gasteiger partial charge on any atom is -0.379 e. The first-order chi connectivity index (χ1) is 8.98. The summed E-state index contributed by atoms with van der Waals surface area (Å²) < 4.78 is 31.2. The smallest absolute Gasteiger partial charge is 0.262 e. The lowest BCUT2D eigenvalue weighted by Crippen LogP contribution is -2.49. The Labute approximate surface area is 111 Å². The van der Waals surface area contributed by atoms with E-state index in [9.17, 15) is 13.6 Å². The fraction of sp³-hybridized carbons (Fsp3) is 0.917. The number of nitrogens with zero attached hydrogens (tertiary/aromatic N) is 1. The lowest BCUT2D eigenvalue weighted by atomic mass is 10.1. The molecule has 2 aliphatic rings. The molecule has 19 heavy (non-hydrogen) atoms. The van der Waals surface area contributed by atoms with E-state index >= 15 is 0 Å². The Hall–Kier alpha value is -0.790. The predicted octanol–water partition coefficient (Wildman–Crippen LogP) is -0.179. The molecular weight excluding hydrogens is 256 g/mol. The summed E-state index contributed by atoms with van der Waals surface area (Å²) >= 11 is 0. The molecule has 0 aromatic carbocycles. The molecular formula is C12H21F2N3O2. The minimum atomic E-state index is -2.77. The topological polar surface area (TPSA) is 53.6 Å². The van der Waals surface area contributed by atoms with Crippen molar-refractivity contribution in [2.75, 3.05) is 39.4 Å². The third-order valence-electron chi connectivity index (χ3n) is 3.67. The molecule has 2 fully saturated rings. The molecule has 0 radical (unpaired) electrons. The number of morpholine rings is 1. The van der Waals surface area contributed by atoms with Crippen molar-refractivity contribution in [3.8, 4) is 0 Å². The Morgan fingerprint density at radius 2 is 2.21 bits per heavy atom. The zero-order chi connectivity index (χ0) is 13.9. The third-order valence-corrected chi connectivity index (χ3v) is 3.67. The Balaban J connectivity index is 1.71. The lowest BCUT2D eigenvalue weighted by molar-refractivity contribution is -0.123. The van der Waals surface area contributed by atoms with Gasteiger partial charge in [-0.25, -0.2) is 8.78 Å². The molecule has 2 N–H and O–H groups in total. The van der Waals surface area contributed by atoms with Crippen LogP contribution in [-0.2, 0) is 9.53 Å². The van der Waals surface area contributed by atoms with E-state index in [1.165, 1.54) is 0 Å². The molecule has 110 valence electrons. The van der Waals surface area contributed by atoms with Gasteiger partial charge in [0.25, 0.3) is 5.92 Å². The minimum absolute atomic E-state index is 0.190. The SMILES string of the molecule is CC(CNC(=O)C1CC(F)(F)CN1)N1CCOCC1. The van der Waals surface area contributed by atoms with Crippen molar-refractivity contribution in [2.45, 2.75) is 31.4 Å². The predicted molar refractivity (Wildman–Crippen MR) is 66.2 cm³/mol. The largest absolute Gasteiger partial charge is 0.379 e. The summed E-state index contributed by atoms with van der Waals surface area (Å²) in [5.41, 5.74) is 0. The highest BCUT2D eigenvalue weighted by Gasteiger charge is 2.42. The van der Waals surface area contributed by atoms with Crippen LogP contribution in [0.1, 0.15) is 13.3 Å². The molecule has 1 amide bonds. The maximum absolute atomic E-state index is 13.0. The molecule has 0 spiro atoms. The first kappa shape index (κ1) is 14.6. The molecule has 7 heteroatoms. The number of amides is 1. The van der Waals surface area contributed by atoms with Gasteiger partial charge in [0.1, 0.15) is 0 Å². The van der Waals surface area contributed by atoms with Crippen molar-refractivity contribution in [3.05, 3.63) is 0 Å². The van der Waals surface area contributed by atoms with Gasteiger partial charge in [-0.15, -0.1) is 0 Å². The van der Waals surface area contributed by atoms with Crippen LogP contribution in [0.25, 0.3) is 0 Å². The highest BCUT2D eigenvalue weighted by molar-refractivity contribution is 5.82. The van der Waals surface area contributed by atoms with Crippen molar-refractivity contribution in [3.63, 3.8) is 0 Å². The lowest BCUT2D eigenvalue weighted by Gasteiger charge is -2.32. The number of hydrogen-bond donors (Lipinski definition) is 2. The molecule has 2 atom stereocenters. The summed E-state index contributed by atoms with van der Waals surface area (Å²) in [6.07, 6.45) is -0.412. The third kappa shape index (κ3) is 4.09. The second kappa shape index (κ2) is 6.11. The van der Waals surface area contributed by atoms with Crippen molar-refractivity contribution >= 4 is 5.91 Å². The van der Waals surface area contributed by atoms with Gasteiger partial charge in [-0.05, 0) is 6.92 Å². The molecule has 2 heterocycles. The monoisotopic (exact) mass is 277 g/mol. The summed E-state index contributed by atoms with van der Waals surface area (Å²) in [6, 6.07) is -0.582. The molecule has 2 saturated heterocycles. The van der Waals surface area contributed by atoms with E-state index in [0.717, 1.165) is 13.1 Å². The summed E-state index contributed by atoms with van der Waals surface area (Å²) in [6.45, 7) is 5.17. The van der Waals surface area contributed by atoms with Gasteiger partial charge in [0.2, 0.25) is 5.91 Å². The number of alkyl halides is 2. The fourth-order valence-corrected chi connectivity index (χ4v) is 2.42. The van der Waals surface area contributed by atoms with Crippen molar-refractivity contribution in [1.29, 1.82) is 0 Å². The maximum atomic E-state index is 13.0. The van der Waals surface area contributed by atoms with Gasteiger partial charge < -0.3 is 10.1 Å². The molecule has 0 aromatic heterocycles. The van der Waals surface area contributed by atoms with Gasteiger partial charge in [0.05, 0.1) is 25.8 Å². The average molecular weight is 277 g/mol. The van der Waals surface area contributed by atoms with Crippen LogP contribution in [-0.4, -0.2) is 68.2 Å². The number of hydrogen-bond acceptors (Lipinski definition) is 4. The molecule has 2 unspecified atom stereocenters. The standard InChI is InChI=1S/C12H21F2N3O2/c1-9(17-2-4-19-5-3-17)7-15-11(18)10-6-12(13,14)8-16-10/h9-10,16H,2-8H2,1H3,(H,15,18). The molecule has 2 rings (SSSR count). The average Bonchev–Trinajstić information content (AvgIpc) is 2.77. The number of rotatable bonds is 4. The number of carbonyl (C=O) groups excluding carboxylic acids is 1. The molecule has 0 saturated carbocycles. The maximum Gasteiger partial charge on any atom is 0.262 e. The number of ether oxygens (including phenoxy) is 1. The quantitative estimate of drug-likeness (QED) is 0.748. The molecule has 2 aliphatic heterocycles. The van der Waals surface area contributed by atoms with Crippen LogP contribution in [0, 0.1) is 0 Å². The van der Waals surface area contributed by atoms with Crippen LogP contribution in [0.4, 0.5) is 8.78 Å². The Morgan fingerprint density at radius 1 is 1.53 bits per heavy atom. The molecule has 0 aliphatic carbocycles. The van der Waals surface area contributed by atoms with Crippen LogP contribution in [0.15, 0.2) is 0 Å². The second-order valence-corrected chi connectivity index (χ2v) is 5.24. The fourth-order valence-electron chi connectivity index (χ4n) is 2.42. The Bertz CT molecular complexity index is 322. The number of nitrogens with one attached hydrogen (secondary N) is 2. The van der Waals surface area contributed by atoms with Crippen LogP contribution in [0.2, 0.25) is 0 Å². The summed E-state index contributed by atoms with van der Waals surface area (Å²) in [5.74, 6) is -3.10. The van der Waals surface area contributed by atoms with E-state index in [2.05, 4.69) is 15.5 Å². The van der Waals surface area contributed by atoms with Crippen LogP contribution < -0.4 is 10.6 Å². The summed E-state index contributed by atoms with van der Waals surface area (Å²) in [4.78, 5) is 14.0.